The molecule has 0 atom stereocenters. The Morgan fingerprint density at radius 1 is 1.10 bits per heavy atom. The first-order chi connectivity index (χ1) is 19.1. The van der Waals surface area contributed by atoms with Crippen molar-refractivity contribution in [3.63, 3.8) is 0 Å². The zero-order chi connectivity index (χ0) is 28.7. The molecule has 40 heavy (non-hydrogen) atoms. The van der Waals surface area contributed by atoms with Gasteiger partial charge in [-0.1, -0.05) is 23.7 Å². The van der Waals surface area contributed by atoms with E-state index in [1.165, 1.54) is 18.5 Å². The molecule has 12 nitrogen and oxygen atoms in total. The van der Waals surface area contributed by atoms with Crippen LogP contribution in [-0.4, -0.2) is 67.9 Å². The maximum Gasteiger partial charge on any atom is 0.453 e. The summed E-state index contributed by atoms with van der Waals surface area (Å²) in [6.45, 7) is 0.758. The number of aromatic nitrogens is 3. The monoisotopic (exact) mass is 566 g/mol. The highest BCUT2D eigenvalue weighted by Gasteiger charge is 2.27. The van der Waals surface area contributed by atoms with Gasteiger partial charge >= 0.3 is 6.16 Å². The summed E-state index contributed by atoms with van der Waals surface area (Å²) in [5.74, 6) is -0.192. The minimum Gasteiger partial charge on any atom is -0.486 e. The van der Waals surface area contributed by atoms with Gasteiger partial charge in [-0.2, -0.15) is 0 Å². The molecule has 2 heterocycles. The van der Waals surface area contributed by atoms with Crippen molar-refractivity contribution in [2.75, 3.05) is 31.3 Å². The Morgan fingerprint density at radius 2 is 1.93 bits per heavy atom. The summed E-state index contributed by atoms with van der Waals surface area (Å²) in [4.78, 5) is 27.0. The standard InChI is InChI=1S/C27H27ClN6O6/c1-34(2)13-5-7-23(35)33-21-10-9-20-24(25(21)40-27(36,37)38)26(31-16-30-20)32-17-8-11-22(19(28)14-17)39-15-18-6-3-4-12-29-18/h3-12,14,16,36-38H,13,15H2,1-2H3,(H,33,35)(H,30,31,32)/b7-5+. The van der Waals surface area contributed by atoms with Crippen LogP contribution >= 0.6 is 11.6 Å². The second kappa shape index (κ2) is 12.7. The van der Waals surface area contributed by atoms with Crippen molar-refractivity contribution in [1.82, 2.24) is 19.9 Å². The molecule has 4 rings (SSSR count). The third-order valence-corrected chi connectivity index (χ3v) is 5.58. The van der Waals surface area contributed by atoms with E-state index in [1.807, 2.05) is 37.2 Å². The summed E-state index contributed by atoms with van der Waals surface area (Å²) in [7, 11) is 3.71. The number of amides is 1. The van der Waals surface area contributed by atoms with Crippen LogP contribution in [0.1, 0.15) is 5.69 Å². The van der Waals surface area contributed by atoms with Gasteiger partial charge in [-0.25, -0.2) is 9.97 Å². The zero-order valence-electron chi connectivity index (χ0n) is 21.6. The Morgan fingerprint density at radius 3 is 2.62 bits per heavy atom. The molecule has 0 aliphatic heterocycles. The van der Waals surface area contributed by atoms with Gasteiger partial charge in [0.25, 0.3) is 0 Å². The summed E-state index contributed by atoms with van der Waals surface area (Å²) < 4.78 is 10.8. The lowest BCUT2D eigenvalue weighted by Gasteiger charge is -2.21. The quantitative estimate of drug-likeness (QED) is 0.134. The molecule has 0 fully saturated rings. The van der Waals surface area contributed by atoms with Gasteiger partial charge in [0.1, 0.15) is 24.5 Å². The van der Waals surface area contributed by atoms with Crippen LogP contribution in [0, 0.1) is 0 Å². The number of likely N-dealkylation sites (N-methyl/N-ethyl adjacent to an activating group) is 1. The lowest BCUT2D eigenvalue weighted by molar-refractivity contribution is -0.419. The number of carbonyl (C=O) groups excluding carboxylic acids is 1. The molecule has 4 aromatic rings. The number of hydrogen-bond donors (Lipinski definition) is 5. The topological polar surface area (TPSA) is 162 Å². The molecule has 208 valence electrons. The largest absolute Gasteiger partial charge is 0.486 e. The summed E-state index contributed by atoms with van der Waals surface area (Å²) in [6, 6.07) is 13.5. The number of carbonyl (C=O) groups is 1. The van der Waals surface area contributed by atoms with Gasteiger partial charge in [0, 0.05) is 24.5 Å². The predicted octanol–water partition coefficient (Wildman–Crippen LogP) is 3.02. The van der Waals surface area contributed by atoms with Crippen molar-refractivity contribution < 1.29 is 29.6 Å². The van der Waals surface area contributed by atoms with E-state index >= 15 is 0 Å². The number of anilines is 3. The number of fused-ring (bicyclic) bond motifs is 1. The highest BCUT2D eigenvalue weighted by Crippen LogP contribution is 2.39. The number of benzene rings is 2. The number of pyridine rings is 1. The molecule has 1 amide bonds. The van der Waals surface area contributed by atoms with Crippen LogP contribution in [-0.2, 0) is 11.4 Å². The van der Waals surface area contributed by atoms with Gasteiger partial charge in [0.15, 0.2) is 5.75 Å². The van der Waals surface area contributed by atoms with Gasteiger partial charge in [0.05, 0.1) is 27.3 Å². The predicted molar refractivity (Wildman–Crippen MR) is 149 cm³/mol. The van der Waals surface area contributed by atoms with Crippen LogP contribution in [0.5, 0.6) is 11.5 Å². The highest BCUT2D eigenvalue weighted by molar-refractivity contribution is 6.32. The Kier molecular flexibility index (Phi) is 9.09. The summed E-state index contributed by atoms with van der Waals surface area (Å²) >= 11 is 6.44. The number of nitrogens with one attached hydrogen (secondary N) is 2. The van der Waals surface area contributed by atoms with E-state index in [9.17, 15) is 20.1 Å². The summed E-state index contributed by atoms with van der Waals surface area (Å²) in [6.07, 6.45) is 2.36. The van der Waals surface area contributed by atoms with Crippen LogP contribution < -0.4 is 20.1 Å². The molecule has 13 heteroatoms. The Balaban J connectivity index is 1.64. The molecular weight excluding hydrogens is 540 g/mol. The maximum absolute atomic E-state index is 12.5. The van der Waals surface area contributed by atoms with Crippen LogP contribution in [0.2, 0.25) is 5.02 Å². The third kappa shape index (κ3) is 7.85. The van der Waals surface area contributed by atoms with Crippen molar-refractivity contribution in [3.05, 3.63) is 83.9 Å². The van der Waals surface area contributed by atoms with Crippen molar-refractivity contribution in [2.24, 2.45) is 0 Å². The van der Waals surface area contributed by atoms with Crippen LogP contribution in [0.15, 0.2) is 73.2 Å². The SMILES string of the molecule is CN(C)C/C=C/C(=O)Nc1ccc2ncnc(Nc3ccc(OCc4ccccn4)c(Cl)c3)c2c1OC(O)(O)O. The second-order valence-corrected chi connectivity index (χ2v) is 9.18. The smallest absolute Gasteiger partial charge is 0.453 e. The molecule has 0 bridgehead atoms. The molecule has 2 aromatic heterocycles. The fraction of sp³-hybridized carbons (Fsp3) is 0.185. The second-order valence-electron chi connectivity index (χ2n) is 8.77. The Hall–Kier alpha value is -4.33. The van der Waals surface area contributed by atoms with Gasteiger partial charge in [-0.05, 0) is 56.6 Å². The fourth-order valence-corrected chi connectivity index (χ4v) is 3.81. The normalized spacial score (nSPS) is 11.7. The fourth-order valence-electron chi connectivity index (χ4n) is 3.57. The molecule has 5 N–H and O–H groups in total. The molecular formula is C27H27ClN6O6. The van der Waals surface area contributed by atoms with Crippen molar-refractivity contribution in [2.45, 2.75) is 12.8 Å². The number of aliphatic hydroxyl groups is 3. The first kappa shape index (κ1) is 28.7. The van der Waals surface area contributed by atoms with Crippen LogP contribution in [0.4, 0.5) is 17.2 Å². The van der Waals surface area contributed by atoms with Crippen molar-refractivity contribution in [3.8, 4) is 11.5 Å². The molecule has 0 saturated heterocycles. The number of halogens is 1. The van der Waals surface area contributed by atoms with Gasteiger partial charge in [-0.3, -0.25) is 9.78 Å². The minimum absolute atomic E-state index is 0.0303. The average Bonchev–Trinajstić information content (AvgIpc) is 2.89. The van der Waals surface area contributed by atoms with E-state index < -0.39 is 12.1 Å². The average molecular weight is 567 g/mol. The van der Waals surface area contributed by atoms with Gasteiger partial charge in [-0.15, -0.1) is 0 Å². The minimum atomic E-state index is -3.56. The van der Waals surface area contributed by atoms with Crippen LogP contribution in [0.3, 0.4) is 0 Å². The lowest BCUT2D eigenvalue weighted by atomic mass is 10.1. The number of rotatable bonds is 11. The zero-order valence-corrected chi connectivity index (χ0v) is 22.3. The summed E-state index contributed by atoms with van der Waals surface area (Å²) in [5, 5.41) is 35.0. The van der Waals surface area contributed by atoms with E-state index in [1.54, 1.807) is 36.5 Å². The molecule has 0 saturated carbocycles. The number of ether oxygens (including phenoxy) is 2. The van der Waals surface area contributed by atoms with E-state index in [4.69, 9.17) is 21.1 Å². The van der Waals surface area contributed by atoms with Gasteiger partial charge < -0.3 is 40.3 Å². The molecule has 2 aromatic carbocycles. The van der Waals surface area contributed by atoms with Gasteiger partial charge in [0.2, 0.25) is 5.91 Å². The van der Waals surface area contributed by atoms with E-state index in [2.05, 4.69) is 25.6 Å². The molecule has 0 radical (unpaired) electrons. The van der Waals surface area contributed by atoms with Crippen LogP contribution in [0.25, 0.3) is 10.9 Å². The molecule has 0 unspecified atom stereocenters. The molecule has 0 spiro atoms. The first-order valence-corrected chi connectivity index (χ1v) is 12.3. The Labute approximate surface area is 234 Å². The number of nitrogens with zero attached hydrogens (tertiary/aromatic N) is 4. The maximum atomic E-state index is 12.5. The third-order valence-electron chi connectivity index (χ3n) is 5.29. The number of hydrogen-bond acceptors (Lipinski definition) is 11. The van der Waals surface area contributed by atoms with E-state index in [0.29, 0.717) is 28.5 Å². The van der Waals surface area contributed by atoms with E-state index in [-0.39, 0.29) is 29.2 Å². The summed E-state index contributed by atoms with van der Waals surface area (Å²) in [5.41, 5.74) is 1.59. The molecule has 0 aliphatic carbocycles. The Bertz CT molecular complexity index is 1510. The van der Waals surface area contributed by atoms with E-state index in [0.717, 1.165) is 5.69 Å². The molecule has 0 aliphatic rings. The van der Waals surface area contributed by atoms with Crippen molar-refractivity contribution in [1.29, 1.82) is 0 Å². The first-order valence-electron chi connectivity index (χ1n) is 11.9. The lowest BCUT2D eigenvalue weighted by Crippen LogP contribution is -2.35. The van der Waals surface area contributed by atoms with Crippen molar-refractivity contribution >= 4 is 45.6 Å². The highest BCUT2D eigenvalue weighted by atomic mass is 35.5.